The van der Waals surface area contributed by atoms with Crippen LogP contribution >= 0.6 is 11.3 Å². The van der Waals surface area contributed by atoms with Crippen LogP contribution in [0.5, 0.6) is 5.75 Å². The van der Waals surface area contributed by atoms with Gasteiger partial charge in [-0.3, -0.25) is 4.79 Å². The van der Waals surface area contributed by atoms with Crippen LogP contribution in [0.25, 0.3) is 21.0 Å². The molecule has 1 heterocycles. The molecule has 7 nitrogen and oxygen atoms in total. The Bertz CT molecular complexity index is 1400. The maximum Gasteiger partial charge on any atom is 0.219 e. The van der Waals surface area contributed by atoms with Crippen molar-refractivity contribution in [3.05, 3.63) is 59.3 Å². The lowest BCUT2D eigenvalue weighted by Gasteiger charge is -2.27. The highest BCUT2D eigenvalue weighted by molar-refractivity contribution is 7.90. The number of ketones is 1. The highest BCUT2D eigenvalue weighted by atomic mass is 32.2. The average Bonchev–Trinajstić information content (AvgIpc) is 3.28. The van der Waals surface area contributed by atoms with Crippen molar-refractivity contribution in [2.24, 2.45) is 0 Å². The molecule has 0 radical (unpaired) electrons. The van der Waals surface area contributed by atoms with Crippen LogP contribution in [0, 0.1) is 11.3 Å². The SMILES string of the molecule is CC(=O)CS(=O)(=O)N[C@H]1CCCc2c(-c3cnc(-c4ccc(OC(C)C)c(C#N)c4)s3)cccc21. The summed E-state index contributed by atoms with van der Waals surface area (Å²) in [5, 5.41) is 10.3. The van der Waals surface area contributed by atoms with Crippen molar-refractivity contribution in [3.63, 3.8) is 0 Å². The van der Waals surface area contributed by atoms with Gasteiger partial charge in [0.25, 0.3) is 0 Å². The van der Waals surface area contributed by atoms with Crippen LogP contribution < -0.4 is 9.46 Å². The number of aromatic nitrogens is 1. The summed E-state index contributed by atoms with van der Waals surface area (Å²) < 4.78 is 33.2. The van der Waals surface area contributed by atoms with Gasteiger partial charge in [-0.05, 0) is 74.9 Å². The van der Waals surface area contributed by atoms with E-state index in [1.165, 1.54) is 18.3 Å². The standard InChI is InChI=1S/C26H27N3O4S2/c1-16(2)33-24-11-10-18(12-19(24)13-27)26-28-14-25(34-26)22-8-4-7-21-20(22)6-5-9-23(21)29-35(31,32)15-17(3)30/h4,7-8,10-12,14,16,23,29H,5-6,9,15H2,1-3H3/t23-/m0/s1. The van der Waals surface area contributed by atoms with Crippen LogP contribution in [-0.4, -0.2) is 31.0 Å². The number of thiazole rings is 1. The summed E-state index contributed by atoms with van der Waals surface area (Å²) in [5.41, 5.74) is 4.38. The third-order valence-electron chi connectivity index (χ3n) is 5.70. The second-order valence-electron chi connectivity index (χ2n) is 8.92. The molecule has 1 N–H and O–H groups in total. The van der Waals surface area contributed by atoms with E-state index in [-0.39, 0.29) is 17.9 Å². The zero-order valence-electron chi connectivity index (χ0n) is 19.9. The average molecular weight is 510 g/mol. The van der Waals surface area contributed by atoms with Gasteiger partial charge in [-0.2, -0.15) is 5.26 Å². The second kappa shape index (κ2) is 10.3. The van der Waals surface area contributed by atoms with Gasteiger partial charge in [0.05, 0.1) is 16.5 Å². The van der Waals surface area contributed by atoms with Gasteiger partial charge in [0.2, 0.25) is 10.0 Å². The molecule has 3 aromatic rings. The third-order valence-corrected chi connectivity index (χ3v) is 8.21. The first-order valence-corrected chi connectivity index (χ1v) is 13.9. The molecule has 2 aromatic carbocycles. The molecule has 0 aliphatic heterocycles. The Morgan fingerprint density at radius 2 is 2.11 bits per heavy atom. The molecular weight excluding hydrogens is 482 g/mol. The quantitative estimate of drug-likeness (QED) is 0.457. The molecule has 4 rings (SSSR count). The summed E-state index contributed by atoms with van der Waals surface area (Å²) >= 11 is 1.53. The first kappa shape index (κ1) is 25.0. The molecule has 0 bridgehead atoms. The molecule has 0 spiro atoms. The zero-order valence-corrected chi connectivity index (χ0v) is 21.5. The number of rotatable bonds is 8. The molecule has 9 heteroatoms. The molecule has 1 aliphatic carbocycles. The minimum atomic E-state index is -3.70. The van der Waals surface area contributed by atoms with Gasteiger partial charge >= 0.3 is 0 Å². The number of nitriles is 1. The van der Waals surface area contributed by atoms with Crippen molar-refractivity contribution in [2.75, 3.05) is 5.75 Å². The third kappa shape index (κ3) is 5.78. The van der Waals surface area contributed by atoms with Gasteiger partial charge in [0, 0.05) is 17.8 Å². The van der Waals surface area contributed by atoms with E-state index in [1.54, 1.807) is 12.1 Å². The molecule has 0 unspecified atom stereocenters. The maximum absolute atomic E-state index is 12.4. The summed E-state index contributed by atoms with van der Waals surface area (Å²) in [6.07, 6.45) is 4.15. The van der Waals surface area contributed by atoms with Gasteiger partial charge < -0.3 is 4.74 Å². The van der Waals surface area contributed by atoms with Crippen LogP contribution in [0.4, 0.5) is 0 Å². The molecule has 0 saturated carbocycles. The van der Waals surface area contributed by atoms with Crippen molar-refractivity contribution in [1.82, 2.24) is 9.71 Å². The minimum Gasteiger partial charge on any atom is -0.490 e. The number of ether oxygens (including phenoxy) is 1. The maximum atomic E-state index is 12.4. The first-order valence-electron chi connectivity index (χ1n) is 11.5. The molecular formula is C26H27N3O4S2. The predicted molar refractivity (Wildman–Crippen MR) is 137 cm³/mol. The number of nitrogens with one attached hydrogen (secondary N) is 1. The number of carbonyl (C=O) groups excluding carboxylic acids is 1. The van der Waals surface area contributed by atoms with Crippen molar-refractivity contribution < 1.29 is 17.9 Å². The molecule has 1 aliphatic rings. The Morgan fingerprint density at radius 3 is 2.83 bits per heavy atom. The van der Waals surface area contributed by atoms with E-state index in [9.17, 15) is 18.5 Å². The Morgan fingerprint density at radius 1 is 1.31 bits per heavy atom. The molecule has 0 fully saturated rings. The number of sulfonamides is 1. The smallest absolute Gasteiger partial charge is 0.219 e. The number of nitrogens with zero attached hydrogens (tertiary/aromatic N) is 2. The lowest BCUT2D eigenvalue weighted by Crippen LogP contribution is -2.34. The van der Waals surface area contributed by atoms with Crippen LogP contribution in [0.1, 0.15) is 56.3 Å². The summed E-state index contributed by atoms with van der Waals surface area (Å²) in [7, 11) is -3.70. The van der Waals surface area contributed by atoms with E-state index < -0.39 is 15.8 Å². The van der Waals surface area contributed by atoms with Crippen molar-refractivity contribution in [2.45, 2.75) is 52.2 Å². The van der Waals surface area contributed by atoms with Gasteiger partial charge in [-0.1, -0.05) is 18.2 Å². The highest BCUT2D eigenvalue weighted by Gasteiger charge is 2.27. The Labute approximate surface area is 209 Å². The molecule has 0 saturated heterocycles. The highest BCUT2D eigenvalue weighted by Crippen LogP contribution is 2.40. The van der Waals surface area contributed by atoms with E-state index in [0.29, 0.717) is 17.7 Å². The summed E-state index contributed by atoms with van der Waals surface area (Å²) in [5.74, 6) is -0.344. The molecule has 1 aromatic heterocycles. The Hall–Kier alpha value is -3.06. The molecule has 182 valence electrons. The molecule has 35 heavy (non-hydrogen) atoms. The number of hydrogen-bond donors (Lipinski definition) is 1. The Kier molecular flexibility index (Phi) is 7.36. The van der Waals surface area contributed by atoms with Crippen LogP contribution in [-0.2, 0) is 21.2 Å². The van der Waals surface area contributed by atoms with Gasteiger partial charge in [-0.15, -0.1) is 11.3 Å². The lowest BCUT2D eigenvalue weighted by atomic mass is 9.85. The van der Waals surface area contributed by atoms with Crippen LogP contribution in [0.15, 0.2) is 42.6 Å². The Balaban J connectivity index is 1.65. The monoisotopic (exact) mass is 509 g/mol. The van der Waals surface area contributed by atoms with Crippen LogP contribution in [0.2, 0.25) is 0 Å². The molecule has 1 atom stereocenters. The van der Waals surface area contributed by atoms with Crippen molar-refractivity contribution >= 4 is 27.1 Å². The van der Waals surface area contributed by atoms with Gasteiger partial charge in [-0.25, -0.2) is 18.1 Å². The van der Waals surface area contributed by atoms with E-state index in [1.807, 2.05) is 44.3 Å². The van der Waals surface area contributed by atoms with Gasteiger partial charge in [0.15, 0.2) is 0 Å². The summed E-state index contributed by atoms with van der Waals surface area (Å²) in [6, 6.07) is 13.3. The van der Waals surface area contributed by atoms with E-state index in [2.05, 4.69) is 15.8 Å². The zero-order chi connectivity index (χ0) is 25.2. The molecule has 0 amide bonds. The van der Waals surface area contributed by atoms with Gasteiger partial charge in [0.1, 0.15) is 28.4 Å². The second-order valence-corrected chi connectivity index (χ2v) is 11.7. The first-order chi connectivity index (χ1) is 16.7. The normalized spacial score (nSPS) is 15.5. The summed E-state index contributed by atoms with van der Waals surface area (Å²) in [4.78, 5) is 16.9. The summed E-state index contributed by atoms with van der Waals surface area (Å²) in [6.45, 7) is 5.11. The van der Waals surface area contributed by atoms with E-state index >= 15 is 0 Å². The van der Waals surface area contributed by atoms with Crippen molar-refractivity contribution in [1.29, 1.82) is 5.26 Å². The largest absolute Gasteiger partial charge is 0.490 e. The number of hydrogen-bond acceptors (Lipinski definition) is 7. The fourth-order valence-corrected chi connectivity index (χ4v) is 6.63. The van der Waals surface area contributed by atoms with E-state index in [0.717, 1.165) is 45.0 Å². The minimum absolute atomic E-state index is 0.0283. The number of Topliss-reactive ketones (excluding diaryl/α,β-unsaturated/α-hetero) is 1. The lowest BCUT2D eigenvalue weighted by molar-refractivity contribution is -0.114. The predicted octanol–water partition coefficient (Wildman–Crippen LogP) is 5.02. The van der Waals surface area contributed by atoms with E-state index in [4.69, 9.17) is 4.74 Å². The number of benzene rings is 2. The van der Waals surface area contributed by atoms with Crippen LogP contribution in [0.3, 0.4) is 0 Å². The number of carbonyl (C=O) groups is 1. The fraction of sp³-hybridized carbons (Fsp3) is 0.346. The van der Waals surface area contributed by atoms with Crippen molar-refractivity contribution in [3.8, 4) is 32.8 Å². The fourth-order valence-electron chi connectivity index (χ4n) is 4.37. The number of fused-ring (bicyclic) bond motifs is 1. The topological polar surface area (TPSA) is 109 Å².